The van der Waals surface area contributed by atoms with E-state index in [0.29, 0.717) is 0 Å². The zero-order valence-corrected chi connectivity index (χ0v) is 5.40. The number of hydrogen-bond donors (Lipinski definition) is 1. The quantitative estimate of drug-likeness (QED) is 0.452. The summed E-state index contributed by atoms with van der Waals surface area (Å²) in [4.78, 5) is 9.92. The molecule has 0 saturated carbocycles. The number of carbonyl (C=O) groups excluding carboxylic acids is 1. The number of hydrogen-bond acceptors (Lipinski definition) is 1. The molecule has 1 N–H and O–H groups in total. The van der Waals surface area contributed by atoms with E-state index in [1.54, 1.807) is 6.08 Å². The van der Waals surface area contributed by atoms with Gasteiger partial charge in [0, 0.05) is 6.20 Å². The fourth-order valence-electron chi connectivity index (χ4n) is 0.242. The monoisotopic (exact) mass is 133 g/mol. The van der Waals surface area contributed by atoms with Crippen molar-refractivity contribution in [2.75, 3.05) is 0 Å². The summed E-state index contributed by atoms with van der Waals surface area (Å²) in [6, 6.07) is 0. The van der Waals surface area contributed by atoms with Gasteiger partial charge in [-0.1, -0.05) is 13.0 Å². The standard InChI is InChI=1S/C5H8ClNO/c1-2-3-4-7-5(6)8/h3-4H,2H2,1H3,(H,7,8). The molecule has 0 saturated heterocycles. The van der Waals surface area contributed by atoms with Crippen LogP contribution < -0.4 is 5.32 Å². The Labute approximate surface area is 53.5 Å². The minimum atomic E-state index is -0.547. The first kappa shape index (κ1) is 7.50. The van der Waals surface area contributed by atoms with Gasteiger partial charge in [0.25, 0.3) is 0 Å². The van der Waals surface area contributed by atoms with Gasteiger partial charge in [0.15, 0.2) is 0 Å². The van der Waals surface area contributed by atoms with E-state index in [-0.39, 0.29) is 0 Å². The molecule has 0 aliphatic heterocycles. The van der Waals surface area contributed by atoms with Gasteiger partial charge >= 0.3 is 5.37 Å². The lowest BCUT2D eigenvalue weighted by molar-refractivity contribution is 0.262. The highest BCUT2D eigenvalue weighted by Gasteiger charge is 1.82. The van der Waals surface area contributed by atoms with E-state index in [1.165, 1.54) is 6.20 Å². The predicted octanol–water partition coefficient (Wildman–Crippen LogP) is 1.86. The van der Waals surface area contributed by atoms with Crippen molar-refractivity contribution in [3.8, 4) is 0 Å². The highest BCUT2D eigenvalue weighted by Crippen LogP contribution is 1.79. The minimum absolute atomic E-state index is 0.547. The van der Waals surface area contributed by atoms with Gasteiger partial charge in [0.05, 0.1) is 0 Å². The van der Waals surface area contributed by atoms with Crippen molar-refractivity contribution in [3.63, 3.8) is 0 Å². The molecule has 0 aromatic carbocycles. The summed E-state index contributed by atoms with van der Waals surface area (Å²) in [6.45, 7) is 1.97. The van der Waals surface area contributed by atoms with Crippen LogP contribution in [0.2, 0.25) is 0 Å². The van der Waals surface area contributed by atoms with E-state index >= 15 is 0 Å². The Morgan fingerprint density at radius 2 is 2.50 bits per heavy atom. The van der Waals surface area contributed by atoms with E-state index in [9.17, 15) is 4.79 Å². The maximum atomic E-state index is 9.92. The summed E-state index contributed by atoms with van der Waals surface area (Å²) < 4.78 is 0. The van der Waals surface area contributed by atoms with Crippen molar-refractivity contribution in [3.05, 3.63) is 12.3 Å². The van der Waals surface area contributed by atoms with Crippen LogP contribution in [0.4, 0.5) is 4.79 Å². The molecule has 3 heteroatoms. The van der Waals surface area contributed by atoms with Gasteiger partial charge in [-0.25, -0.2) is 0 Å². The lowest BCUT2D eigenvalue weighted by Gasteiger charge is -1.84. The minimum Gasteiger partial charge on any atom is -0.319 e. The van der Waals surface area contributed by atoms with Gasteiger partial charge in [-0.3, -0.25) is 4.79 Å². The molecule has 8 heavy (non-hydrogen) atoms. The van der Waals surface area contributed by atoms with Crippen molar-refractivity contribution in [1.82, 2.24) is 5.32 Å². The van der Waals surface area contributed by atoms with Crippen LogP contribution in [-0.4, -0.2) is 5.37 Å². The summed E-state index contributed by atoms with van der Waals surface area (Å²) >= 11 is 4.91. The molecule has 0 spiro atoms. The van der Waals surface area contributed by atoms with Crippen molar-refractivity contribution in [2.45, 2.75) is 13.3 Å². The Bertz CT molecular complexity index is 101. The average Bonchev–Trinajstić information content (AvgIpc) is 1.66. The van der Waals surface area contributed by atoms with Crippen molar-refractivity contribution >= 4 is 17.0 Å². The summed E-state index contributed by atoms with van der Waals surface area (Å²) in [7, 11) is 0. The summed E-state index contributed by atoms with van der Waals surface area (Å²) in [5, 5.41) is 1.75. The molecule has 0 aliphatic rings. The molecule has 0 aromatic heterocycles. The van der Waals surface area contributed by atoms with Gasteiger partial charge < -0.3 is 5.32 Å². The molecule has 0 aliphatic carbocycles. The highest BCUT2D eigenvalue weighted by molar-refractivity contribution is 6.63. The lowest BCUT2D eigenvalue weighted by Crippen LogP contribution is -2.06. The molecule has 0 fully saturated rings. The first-order valence-corrected chi connectivity index (χ1v) is 2.76. The Kier molecular flexibility index (Phi) is 4.36. The molecule has 0 heterocycles. The van der Waals surface area contributed by atoms with Gasteiger partial charge in [-0.05, 0) is 18.0 Å². The van der Waals surface area contributed by atoms with Crippen LogP contribution in [0, 0.1) is 0 Å². The second-order valence-corrected chi connectivity index (χ2v) is 1.57. The topological polar surface area (TPSA) is 29.1 Å². The van der Waals surface area contributed by atoms with Crippen LogP contribution in [0.1, 0.15) is 13.3 Å². The molecule has 0 rings (SSSR count). The van der Waals surface area contributed by atoms with Crippen molar-refractivity contribution in [1.29, 1.82) is 0 Å². The molecule has 0 bridgehead atoms. The largest absolute Gasteiger partial charge is 0.319 e. The number of allylic oxidation sites excluding steroid dienone is 1. The van der Waals surface area contributed by atoms with Gasteiger partial charge in [-0.15, -0.1) is 0 Å². The normalized spacial score (nSPS) is 9.75. The first-order chi connectivity index (χ1) is 3.77. The second kappa shape index (κ2) is 4.65. The summed E-state index contributed by atoms with van der Waals surface area (Å²) in [6.07, 6.45) is 4.23. The number of nitrogens with one attached hydrogen (secondary N) is 1. The maximum absolute atomic E-state index is 9.92. The zero-order chi connectivity index (χ0) is 6.41. The molecule has 46 valence electrons. The molecular weight excluding hydrogens is 126 g/mol. The number of rotatable bonds is 2. The van der Waals surface area contributed by atoms with Crippen LogP contribution in [0.15, 0.2) is 12.3 Å². The third kappa shape index (κ3) is 5.50. The van der Waals surface area contributed by atoms with Crippen LogP contribution in [0.25, 0.3) is 0 Å². The molecule has 0 atom stereocenters. The molecule has 0 radical (unpaired) electrons. The van der Waals surface area contributed by atoms with Gasteiger partial charge in [0.1, 0.15) is 0 Å². The van der Waals surface area contributed by atoms with Crippen molar-refractivity contribution in [2.24, 2.45) is 0 Å². The predicted molar refractivity (Wildman–Crippen MR) is 33.8 cm³/mol. The van der Waals surface area contributed by atoms with Crippen LogP contribution >= 0.6 is 11.6 Å². The smallest absolute Gasteiger partial charge is 0.317 e. The molecule has 1 amide bonds. The molecule has 0 unspecified atom stereocenters. The Hall–Kier alpha value is -0.500. The van der Waals surface area contributed by atoms with Crippen LogP contribution in [0.5, 0.6) is 0 Å². The zero-order valence-electron chi connectivity index (χ0n) is 4.65. The van der Waals surface area contributed by atoms with E-state index in [1.807, 2.05) is 6.92 Å². The number of halogens is 1. The number of amides is 1. The fraction of sp³-hybridized carbons (Fsp3) is 0.400. The third-order valence-electron chi connectivity index (χ3n) is 0.550. The van der Waals surface area contributed by atoms with E-state index in [4.69, 9.17) is 11.6 Å². The molecule has 0 aromatic rings. The number of carbonyl (C=O) groups is 1. The van der Waals surface area contributed by atoms with Crippen LogP contribution in [0.3, 0.4) is 0 Å². The fourth-order valence-corrected chi connectivity index (χ4v) is 0.305. The van der Waals surface area contributed by atoms with E-state index < -0.39 is 5.37 Å². The van der Waals surface area contributed by atoms with E-state index in [2.05, 4.69) is 5.32 Å². The average molecular weight is 134 g/mol. The summed E-state index contributed by atoms with van der Waals surface area (Å²) in [5.41, 5.74) is 0. The Balaban J connectivity index is 3.16. The molecule has 2 nitrogen and oxygen atoms in total. The highest BCUT2D eigenvalue weighted by atomic mass is 35.5. The first-order valence-electron chi connectivity index (χ1n) is 2.38. The van der Waals surface area contributed by atoms with Gasteiger partial charge in [-0.2, -0.15) is 0 Å². The molecular formula is C5H8ClNO. The SMILES string of the molecule is CCC=CNC(=O)Cl. The second-order valence-electron chi connectivity index (χ2n) is 1.23. The van der Waals surface area contributed by atoms with Crippen molar-refractivity contribution < 1.29 is 4.79 Å². The van der Waals surface area contributed by atoms with E-state index in [0.717, 1.165) is 6.42 Å². The maximum Gasteiger partial charge on any atom is 0.317 e. The third-order valence-corrected chi connectivity index (χ3v) is 0.659. The van der Waals surface area contributed by atoms with Gasteiger partial charge in [0.2, 0.25) is 0 Å². The lowest BCUT2D eigenvalue weighted by atomic mass is 10.5. The Morgan fingerprint density at radius 3 is 2.88 bits per heavy atom. The summed E-state index contributed by atoms with van der Waals surface area (Å²) in [5.74, 6) is 0. The van der Waals surface area contributed by atoms with Crippen LogP contribution in [-0.2, 0) is 0 Å². The Morgan fingerprint density at radius 1 is 1.88 bits per heavy atom.